The number of nitrogens with zero attached hydrogens (tertiary/aromatic N) is 1. The molecular formula is C20H15NO4. The van der Waals surface area contributed by atoms with Crippen molar-refractivity contribution in [3.05, 3.63) is 65.4 Å². The van der Waals surface area contributed by atoms with Crippen LogP contribution in [0, 0.1) is 11.8 Å². The lowest BCUT2D eigenvalue weighted by molar-refractivity contribution is 0.0594. The van der Waals surface area contributed by atoms with Crippen molar-refractivity contribution in [1.82, 2.24) is 4.98 Å². The van der Waals surface area contributed by atoms with Crippen molar-refractivity contribution in [1.29, 1.82) is 0 Å². The van der Waals surface area contributed by atoms with E-state index in [4.69, 9.17) is 4.74 Å². The number of methoxy groups -OCH3 is 2. The molecule has 5 heteroatoms. The number of aromatic nitrogens is 1. The molecule has 0 unspecified atom stereocenters. The fourth-order valence-corrected chi connectivity index (χ4v) is 2.38. The first-order valence-corrected chi connectivity index (χ1v) is 7.49. The van der Waals surface area contributed by atoms with Crippen molar-refractivity contribution in [3.8, 4) is 23.3 Å². The smallest absolute Gasteiger partial charge is 0.356 e. The van der Waals surface area contributed by atoms with Crippen LogP contribution in [0.15, 0.2) is 48.5 Å². The zero-order valence-corrected chi connectivity index (χ0v) is 13.7. The molecule has 0 saturated heterocycles. The van der Waals surface area contributed by atoms with Crippen molar-refractivity contribution < 1.29 is 19.4 Å². The van der Waals surface area contributed by atoms with Crippen LogP contribution < -0.4 is 4.74 Å². The maximum Gasteiger partial charge on any atom is 0.356 e. The first-order chi connectivity index (χ1) is 12.1. The van der Waals surface area contributed by atoms with E-state index in [-0.39, 0.29) is 11.4 Å². The third kappa shape index (κ3) is 3.38. The molecule has 0 fully saturated rings. The third-order valence-electron chi connectivity index (χ3n) is 3.60. The molecule has 0 aliphatic rings. The van der Waals surface area contributed by atoms with Crippen LogP contribution >= 0.6 is 0 Å². The quantitative estimate of drug-likeness (QED) is 0.576. The first kappa shape index (κ1) is 16.3. The largest absolute Gasteiger partial charge is 0.507 e. The molecule has 124 valence electrons. The van der Waals surface area contributed by atoms with Gasteiger partial charge in [0.2, 0.25) is 0 Å². The molecule has 0 radical (unpaired) electrons. The second-order valence-electron chi connectivity index (χ2n) is 5.21. The normalized spacial score (nSPS) is 10.0. The van der Waals surface area contributed by atoms with Crippen LogP contribution in [0.25, 0.3) is 10.9 Å². The number of rotatable bonds is 2. The Morgan fingerprint density at radius 1 is 1.04 bits per heavy atom. The van der Waals surface area contributed by atoms with Gasteiger partial charge in [-0.2, -0.15) is 0 Å². The third-order valence-corrected chi connectivity index (χ3v) is 3.60. The predicted octanol–water partition coefficient (Wildman–Crippen LogP) is 3.14. The number of aromatic hydroxyl groups is 1. The molecule has 2 aromatic carbocycles. The number of pyridine rings is 1. The van der Waals surface area contributed by atoms with Gasteiger partial charge in [0.05, 0.1) is 14.2 Å². The van der Waals surface area contributed by atoms with E-state index in [9.17, 15) is 9.90 Å². The minimum Gasteiger partial charge on any atom is -0.507 e. The fraction of sp³-hybridized carbons (Fsp3) is 0.100. The predicted molar refractivity (Wildman–Crippen MR) is 93.7 cm³/mol. The van der Waals surface area contributed by atoms with Gasteiger partial charge in [-0.25, -0.2) is 9.78 Å². The second kappa shape index (κ2) is 6.93. The van der Waals surface area contributed by atoms with Crippen molar-refractivity contribution in [2.24, 2.45) is 0 Å². The summed E-state index contributed by atoms with van der Waals surface area (Å²) in [6, 6.07) is 14.3. The maximum absolute atomic E-state index is 11.7. The van der Waals surface area contributed by atoms with E-state index in [1.807, 2.05) is 30.3 Å². The molecule has 1 N–H and O–H groups in total. The van der Waals surface area contributed by atoms with Crippen molar-refractivity contribution in [2.75, 3.05) is 14.2 Å². The van der Waals surface area contributed by atoms with Gasteiger partial charge in [-0.15, -0.1) is 0 Å². The molecule has 3 aromatic rings. The molecule has 1 aromatic heterocycles. The summed E-state index contributed by atoms with van der Waals surface area (Å²) in [6.45, 7) is 0. The molecule has 3 rings (SSSR count). The Hall–Kier alpha value is -3.52. The Morgan fingerprint density at radius 3 is 2.44 bits per heavy atom. The average Bonchev–Trinajstić information content (AvgIpc) is 2.66. The van der Waals surface area contributed by atoms with Crippen LogP contribution in [-0.2, 0) is 4.74 Å². The first-order valence-electron chi connectivity index (χ1n) is 7.49. The van der Waals surface area contributed by atoms with Crippen LogP contribution in [0.5, 0.6) is 11.5 Å². The van der Waals surface area contributed by atoms with Crippen molar-refractivity contribution in [3.63, 3.8) is 0 Å². The number of carbonyl (C=O) groups excluding carboxylic acids is 1. The Bertz CT molecular complexity index is 1000. The number of hydrogen-bond donors (Lipinski definition) is 1. The highest BCUT2D eigenvalue weighted by atomic mass is 16.5. The summed E-state index contributed by atoms with van der Waals surface area (Å²) >= 11 is 0. The van der Waals surface area contributed by atoms with Gasteiger partial charge in [-0.3, -0.25) is 0 Å². The van der Waals surface area contributed by atoms with Crippen LogP contribution in [0.4, 0.5) is 0 Å². The van der Waals surface area contributed by atoms with Gasteiger partial charge in [0.1, 0.15) is 17.0 Å². The number of benzene rings is 2. The highest BCUT2D eigenvalue weighted by molar-refractivity contribution is 5.96. The lowest BCUT2D eigenvalue weighted by Gasteiger charge is -2.09. The molecule has 0 spiro atoms. The van der Waals surface area contributed by atoms with Crippen LogP contribution in [-0.4, -0.2) is 30.3 Å². The minimum absolute atomic E-state index is 0.00826. The van der Waals surface area contributed by atoms with E-state index in [1.54, 1.807) is 12.1 Å². The Labute approximate surface area is 144 Å². The van der Waals surface area contributed by atoms with Crippen LogP contribution in [0.1, 0.15) is 21.6 Å². The van der Waals surface area contributed by atoms with E-state index in [2.05, 4.69) is 21.6 Å². The molecule has 0 aliphatic carbocycles. The Kier molecular flexibility index (Phi) is 4.53. The summed E-state index contributed by atoms with van der Waals surface area (Å²) in [7, 11) is 2.75. The van der Waals surface area contributed by atoms with Gasteiger partial charge in [-0.05, 0) is 24.3 Å². The summed E-state index contributed by atoms with van der Waals surface area (Å²) in [5.41, 5.74) is 1.92. The van der Waals surface area contributed by atoms with Crippen molar-refractivity contribution >= 4 is 16.9 Å². The fourth-order valence-electron chi connectivity index (χ4n) is 2.38. The number of esters is 1. The number of hydrogen-bond acceptors (Lipinski definition) is 5. The monoisotopic (exact) mass is 333 g/mol. The second-order valence-corrected chi connectivity index (χ2v) is 5.21. The number of ether oxygens (including phenoxy) is 2. The van der Waals surface area contributed by atoms with E-state index in [1.165, 1.54) is 20.3 Å². The van der Waals surface area contributed by atoms with E-state index >= 15 is 0 Å². The van der Waals surface area contributed by atoms with Gasteiger partial charge in [-0.1, -0.05) is 30.0 Å². The molecule has 0 atom stereocenters. The molecule has 0 bridgehead atoms. The van der Waals surface area contributed by atoms with Gasteiger partial charge in [0, 0.05) is 22.6 Å². The minimum atomic E-state index is -0.632. The summed E-state index contributed by atoms with van der Waals surface area (Å²) in [5, 5.41) is 10.7. The van der Waals surface area contributed by atoms with Gasteiger partial charge in [0.25, 0.3) is 0 Å². The summed E-state index contributed by atoms with van der Waals surface area (Å²) in [6.07, 6.45) is 0. The van der Waals surface area contributed by atoms with E-state index < -0.39 is 5.97 Å². The zero-order chi connectivity index (χ0) is 17.8. The average molecular weight is 333 g/mol. The highest BCUT2D eigenvalue weighted by Gasteiger charge is 2.15. The molecular weight excluding hydrogens is 318 g/mol. The van der Waals surface area contributed by atoms with Crippen LogP contribution in [0.2, 0.25) is 0 Å². The van der Waals surface area contributed by atoms with E-state index in [0.717, 1.165) is 5.56 Å². The lowest BCUT2D eigenvalue weighted by Crippen LogP contribution is -2.04. The van der Waals surface area contributed by atoms with Crippen molar-refractivity contribution in [2.45, 2.75) is 0 Å². The molecule has 0 aliphatic heterocycles. The highest BCUT2D eigenvalue weighted by Crippen LogP contribution is 2.32. The lowest BCUT2D eigenvalue weighted by atomic mass is 10.1. The van der Waals surface area contributed by atoms with Gasteiger partial charge in [0.15, 0.2) is 5.69 Å². The zero-order valence-electron chi connectivity index (χ0n) is 13.7. The standard InChI is InChI=1S/C20H15NO4/c1-24-18-11-14(9-8-13-6-4-3-5-7-13)10-15-17(22)12-16(20(23)25-2)21-19(15)18/h3-7,10-12H,1-2H3,(H,21,22). The SMILES string of the molecule is COC(=O)c1cc(O)c2cc(C#Cc3ccccc3)cc(OC)c2n1. The molecule has 0 saturated carbocycles. The number of fused-ring (bicyclic) bond motifs is 1. The van der Waals surface area contributed by atoms with Gasteiger partial charge < -0.3 is 14.6 Å². The molecule has 0 amide bonds. The summed E-state index contributed by atoms with van der Waals surface area (Å²) in [4.78, 5) is 15.9. The Morgan fingerprint density at radius 2 is 1.76 bits per heavy atom. The summed E-state index contributed by atoms with van der Waals surface area (Å²) < 4.78 is 10.00. The van der Waals surface area contributed by atoms with E-state index in [0.29, 0.717) is 22.2 Å². The molecule has 25 heavy (non-hydrogen) atoms. The topological polar surface area (TPSA) is 68.7 Å². The maximum atomic E-state index is 11.7. The molecule has 1 heterocycles. The Balaban J connectivity index is 2.14. The summed E-state index contributed by atoms with van der Waals surface area (Å²) in [5.74, 6) is 5.79. The number of carbonyl (C=O) groups is 1. The molecule has 5 nitrogen and oxygen atoms in total. The van der Waals surface area contributed by atoms with Crippen LogP contribution in [0.3, 0.4) is 0 Å². The van der Waals surface area contributed by atoms with Gasteiger partial charge >= 0.3 is 5.97 Å².